The highest BCUT2D eigenvalue weighted by molar-refractivity contribution is 5.94. The van der Waals surface area contributed by atoms with Crippen molar-refractivity contribution in [2.75, 3.05) is 13.6 Å². The van der Waals surface area contributed by atoms with Crippen molar-refractivity contribution in [2.24, 2.45) is 4.99 Å². The third-order valence-corrected chi connectivity index (χ3v) is 1.35. The average Bonchev–Trinajstić information content (AvgIpc) is 2.03. The molecular formula is C9H16N2. The minimum atomic E-state index is 0.969. The molecule has 0 rings (SSSR count). The lowest BCUT2D eigenvalue weighted by Gasteiger charge is -1.98. The molecule has 1 N–H and O–H groups in total. The van der Waals surface area contributed by atoms with E-state index in [0.29, 0.717) is 0 Å². The quantitative estimate of drug-likeness (QED) is 0.455. The molecule has 0 aliphatic carbocycles. The molecule has 0 radical (unpaired) electrons. The van der Waals surface area contributed by atoms with Crippen LogP contribution in [-0.2, 0) is 0 Å². The highest BCUT2D eigenvalue weighted by Crippen LogP contribution is 1.93. The molecule has 0 aliphatic rings. The van der Waals surface area contributed by atoms with Gasteiger partial charge in [-0.05, 0) is 32.5 Å². The molecule has 0 saturated heterocycles. The molecule has 0 aromatic heterocycles. The van der Waals surface area contributed by atoms with Gasteiger partial charge < -0.3 is 5.32 Å². The van der Waals surface area contributed by atoms with Crippen molar-refractivity contribution in [2.45, 2.75) is 12.8 Å². The van der Waals surface area contributed by atoms with Crippen LogP contribution in [0.25, 0.3) is 0 Å². The van der Waals surface area contributed by atoms with Gasteiger partial charge in [-0.3, -0.25) is 4.99 Å². The van der Waals surface area contributed by atoms with Gasteiger partial charge in [-0.25, -0.2) is 0 Å². The van der Waals surface area contributed by atoms with Gasteiger partial charge in [-0.2, -0.15) is 0 Å². The Morgan fingerprint density at radius 2 is 2.27 bits per heavy atom. The molecular weight excluding hydrogens is 136 g/mol. The zero-order chi connectivity index (χ0) is 8.53. The molecule has 0 spiro atoms. The van der Waals surface area contributed by atoms with Crippen molar-refractivity contribution in [3.05, 3.63) is 25.4 Å². The monoisotopic (exact) mass is 152 g/mol. The summed E-state index contributed by atoms with van der Waals surface area (Å²) in [5, 5.41) is 3.07. The molecule has 0 amide bonds. The molecule has 62 valence electrons. The summed E-state index contributed by atoms with van der Waals surface area (Å²) >= 11 is 0. The largest absolute Gasteiger partial charge is 0.320 e. The van der Waals surface area contributed by atoms with Crippen molar-refractivity contribution in [1.82, 2.24) is 5.32 Å². The third kappa shape index (κ3) is 5.55. The number of hydrogen-bond acceptors (Lipinski definition) is 2. The fourth-order valence-corrected chi connectivity index (χ4v) is 0.783. The Hall–Kier alpha value is -0.890. The van der Waals surface area contributed by atoms with E-state index in [1.54, 1.807) is 12.3 Å². The maximum Gasteiger partial charge on any atom is 0.0397 e. The molecule has 2 nitrogen and oxygen atoms in total. The molecule has 0 atom stereocenters. The Morgan fingerprint density at radius 3 is 2.73 bits per heavy atom. The lowest BCUT2D eigenvalue weighted by molar-refractivity contribution is 0.747. The van der Waals surface area contributed by atoms with E-state index in [2.05, 4.69) is 23.5 Å². The molecule has 11 heavy (non-hydrogen) atoms. The van der Waals surface area contributed by atoms with Crippen LogP contribution in [0.15, 0.2) is 30.4 Å². The van der Waals surface area contributed by atoms with Gasteiger partial charge >= 0.3 is 0 Å². The summed E-state index contributed by atoms with van der Waals surface area (Å²) in [6.07, 6.45) is 5.39. The van der Waals surface area contributed by atoms with Crippen molar-refractivity contribution in [1.29, 1.82) is 0 Å². The van der Waals surface area contributed by atoms with Crippen LogP contribution in [0.2, 0.25) is 0 Å². The van der Waals surface area contributed by atoms with Gasteiger partial charge in [-0.1, -0.05) is 13.2 Å². The van der Waals surface area contributed by atoms with Gasteiger partial charge in [0.25, 0.3) is 0 Å². The second-order valence-corrected chi connectivity index (χ2v) is 2.21. The fourth-order valence-electron chi connectivity index (χ4n) is 0.783. The summed E-state index contributed by atoms with van der Waals surface area (Å²) in [6.45, 7) is 8.20. The maximum atomic E-state index is 4.05. The van der Waals surface area contributed by atoms with Crippen LogP contribution in [0, 0.1) is 0 Å². The van der Waals surface area contributed by atoms with Crippen LogP contribution in [0.1, 0.15) is 12.8 Å². The molecule has 0 saturated carbocycles. The second kappa shape index (κ2) is 7.22. The van der Waals surface area contributed by atoms with Crippen LogP contribution in [0.3, 0.4) is 0 Å². The van der Waals surface area contributed by atoms with Gasteiger partial charge in [0.05, 0.1) is 0 Å². The Balaban J connectivity index is 3.60. The normalized spacial score (nSPS) is 11.2. The molecule has 0 aliphatic heterocycles. The molecule has 0 unspecified atom stereocenters. The molecule has 0 aromatic rings. The van der Waals surface area contributed by atoms with Crippen LogP contribution < -0.4 is 5.32 Å². The molecule has 0 heterocycles. The fraction of sp³-hybridized carbons (Fsp3) is 0.444. The summed E-state index contributed by atoms with van der Waals surface area (Å²) in [7, 11) is 1.94. The standard InChI is InChI=1S/C9H16N2/c1-4-9(11-5-2)7-6-8-10-3/h4-5,10H,1-2,6-8H2,3H3. The molecule has 0 fully saturated rings. The highest BCUT2D eigenvalue weighted by atomic mass is 14.8. The Morgan fingerprint density at radius 1 is 1.55 bits per heavy atom. The van der Waals surface area contributed by atoms with Gasteiger partial charge in [0.15, 0.2) is 0 Å². The van der Waals surface area contributed by atoms with E-state index in [1.165, 1.54) is 0 Å². The van der Waals surface area contributed by atoms with Crippen molar-refractivity contribution in [3.8, 4) is 0 Å². The minimum absolute atomic E-state index is 0.969. The SMILES string of the molecule is C=CN=C(C=C)CCCNC. The number of nitrogens with one attached hydrogen (secondary N) is 1. The van der Waals surface area contributed by atoms with Gasteiger partial charge in [-0.15, -0.1) is 0 Å². The van der Waals surface area contributed by atoms with E-state index >= 15 is 0 Å². The first-order valence-electron chi connectivity index (χ1n) is 3.79. The Labute approximate surface area is 68.7 Å². The van der Waals surface area contributed by atoms with Crippen LogP contribution >= 0.6 is 0 Å². The first-order chi connectivity index (χ1) is 5.35. The first kappa shape index (κ1) is 10.1. The Kier molecular flexibility index (Phi) is 6.64. The third-order valence-electron chi connectivity index (χ3n) is 1.35. The average molecular weight is 152 g/mol. The van der Waals surface area contributed by atoms with Crippen LogP contribution in [-0.4, -0.2) is 19.3 Å². The van der Waals surface area contributed by atoms with E-state index in [-0.39, 0.29) is 0 Å². The van der Waals surface area contributed by atoms with E-state index in [0.717, 1.165) is 25.1 Å². The summed E-state index contributed by atoms with van der Waals surface area (Å²) in [5.41, 5.74) is 1.01. The molecule has 0 aromatic carbocycles. The number of hydrogen-bond donors (Lipinski definition) is 1. The summed E-state index contributed by atoms with van der Waals surface area (Å²) < 4.78 is 0. The first-order valence-corrected chi connectivity index (χ1v) is 3.79. The van der Waals surface area contributed by atoms with Gasteiger partial charge in [0, 0.05) is 11.9 Å². The predicted octanol–water partition coefficient (Wildman–Crippen LogP) is 1.76. The number of rotatable bonds is 6. The lowest BCUT2D eigenvalue weighted by Crippen LogP contribution is -2.08. The van der Waals surface area contributed by atoms with E-state index in [4.69, 9.17) is 0 Å². The summed E-state index contributed by atoms with van der Waals surface area (Å²) in [5.74, 6) is 0. The molecule has 2 heteroatoms. The second-order valence-electron chi connectivity index (χ2n) is 2.21. The smallest absolute Gasteiger partial charge is 0.0397 e. The van der Waals surface area contributed by atoms with Crippen LogP contribution in [0.4, 0.5) is 0 Å². The van der Waals surface area contributed by atoms with Crippen molar-refractivity contribution in [3.63, 3.8) is 0 Å². The zero-order valence-electron chi connectivity index (χ0n) is 7.14. The lowest BCUT2D eigenvalue weighted by atomic mass is 10.2. The van der Waals surface area contributed by atoms with Gasteiger partial charge in [0.1, 0.15) is 0 Å². The topological polar surface area (TPSA) is 24.4 Å². The van der Waals surface area contributed by atoms with Crippen molar-refractivity contribution < 1.29 is 0 Å². The van der Waals surface area contributed by atoms with E-state index in [9.17, 15) is 0 Å². The van der Waals surface area contributed by atoms with E-state index < -0.39 is 0 Å². The number of nitrogens with zero attached hydrogens (tertiary/aromatic N) is 1. The minimum Gasteiger partial charge on any atom is -0.320 e. The zero-order valence-corrected chi connectivity index (χ0v) is 7.14. The maximum absolute atomic E-state index is 4.05. The van der Waals surface area contributed by atoms with Crippen molar-refractivity contribution >= 4 is 5.71 Å². The predicted molar refractivity (Wildman–Crippen MR) is 51.0 cm³/mol. The highest BCUT2D eigenvalue weighted by Gasteiger charge is 1.90. The van der Waals surface area contributed by atoms with Gasteiger partial charge in [0.2, 0.25) is 0 Å². The summed E-state index contributed by atoms with van der Waals surface area (Å²) in [4.78, 5) is 4.05. The Bertz CT molecular complexity index is 148. The van der Waals surface area contributed by atoms with E-state index in [1.807, 2.05) is 7.05 Å². The number of allylic oxidation sites excluding steroid dienone is 1. The number of aliphatic imine (C=N–C) groups is 1. The van der Waals surface area contributed by atoms with Crippen LogP contribution in [0.5, 0.6) is 0 Å². The molecule has 0 bridgehead atoms. The summed E-state index contributed by atoms with van der Waals surface area (Å²) in [6, 6.07) is 0.